The van der Waals surface area contributed by atoms with Gasteiger partial charge in [0.15, 0.2) is 0 Å². The second-order valence-corrected chi connectivity index (χ2v) is 6.75. The molecule has 0 saturated carbocycles. The van der Waals surface area contributed by atoms with E-state index in [2.05, 4.69) is 77.5 Å². The number of hydrogen-bond donors (Lipinski definition) is 2. The molecule has 0 radical (unpaired) electrons. The summed E-state index contributed by atoms with van der Waals surface area (Å²) in [6, 6.07) is 18.7. The number of nitrogen functional groups attached to an aromatic ring is 1. The zero-order valence-electron chi connectivity index (χ0n) is 15.5. The van der Waals surface area contributed by atoms with Crippen LogP contribution in [0.5, 0.6) is 0 Å². The second kappa shape index (κ2) is 7.97. The molecule has 0 spiro atoms. The molecule has 26 heavy (non-hydrogen) atoms. The van der Waals surface area contributed by atoms with Crippen LogP contribution < -0.4 is 11.1 Å². The summed E-state index contributed by atoms with van der Waals surface area (Å²) in [6.45, 7) is 5.71. The molecule has 1 heterocycles. The van der Waals surface area contributed by atoms with Crippen LogP contribution in [-0.2, 0) is 13.1 Å². The van der Waals surface area contributed by atoms with Crippen molar-refractivity contribution in [1.82, 2.24) is 14.9 Å². The third-order valence-electron chi connectivity index (χ3n) is 4.13. The van der Waals surface area contributed by atoms with Gasteiger partial charge in [-0.15, -0.1) is 0 Å². The van der Waals surface area contributed by atoms with Gasteiger partial charge in [0.2, 0.25) is 5.95 Å². The maximum atomic E-state index is 5.90. The van der Waals surface area contributed by atoms with Crippen LogP contribution in [0.4, 0.5) is 17.5 Å². The maximum Gasteiger partial charge on any atom is 0.222 e. The van der Waals surface area contributed by atoms with E-state index >= 15 is 0 Å². The zero-order chi connectivity index (χ0) is 18.5. The first-order chi connectivity index (χ1) is 12.5. The van der Waals surface area contributed by atoms with Crippen molar-refractivity contribution in [2.45, 2.75) is 26.9 Å². The lowest BCUT2D eigenvalue weighted by Gasteiger charge is -2.17. The van der Waals surface area contributed by atoms with Crippen molar-refractivity contribution < 1.29 is 0 Å². The third kappa shape index (κ3) is 5.04. The molecule has 0 bridgehead atoms. The Morgan fingerprint density at radius 3 is 2.15 bits per heavy atom. The molecule has 0 aliphatic rings. The summed E-state index contributed by atoms with van der Waals surface area (Å²) in [6.07, 6.45) is 0. The van der Waals surface area contributed by atoms with Gasteiger partial charge >= 0.3 is 0 Å². The van der Waals surface area contributed by atoms with E-state index in [0.29, 0.717) is 12.4 Å². The number of hydrogen-bond acceptors (Lipinski definition) is 5. The van der Waals surface area contributed by atoms with Crippen molar-refractivity contribution in [1.29, 1.82) is 0 Å². The number of aryl methyl sites for hydroxylation is 2. The molecule has 3 N–H and O–H groups in total. The van der Waals surface area contributed by atoms with E-state index in [4.69, 9.17) is 5.73 Å². The summed E-state index contributed by atoms with van der Waals surface area (Å²) >= 11 is 0. The molecule has 3 rings (SSSR count). The minimum atomic E-state index is 0.279. The van der Waals surface area contributed by atoms with Gasteiger partial charge in [0, 0.05) is 24.8 Å². The van der Waals surface area contributed by atoms with Crippen molar-refractivity contribution in [2.24, 2.45) is 0 Å². The molecule has 0 amide bonds. The average molecular weight is 347 g/mol. The molecular weight excluding hydrogens is 322 g/mol. The van der Waals surface area contributed by atoms with Crippen LogP contribution in [0.15, 0.2) is 54.6 Å². The summed E-state index contributed by atoms with van der Waals surface area (Å²) in [7, 11) is 2.07. The first-order valence-electron chi connectivity index (χ1n) is 8.69. The van der Waals surface area contributed by atoms with Gasteiger partial charge in [0.05, 0.1) is 5.69 Å². The van der Waals surface area contributed by atoms with Crippen LogP contribution >= 0.6 is 0 Å². The van der Waals surface area contributed by atoms with Crippen LogP contribution in [0.25, 0.3) is 0 Å². The van der Waals surface area contributed by atoms with Crippen LogP contribution in [0.3, 0.4) is 0 Å². The number of benzene rings is 2. The van der Waals surface area contributed by atoms with Gasteiger partial charge in [0.1, 0.15) is 5.82 Å². The molecule has 134 valence electrons. The Kier molecular flexibility index (Phi) is 5.49. The number of aromatic nitrogens is 2. The monoisotopic (exact) mass is 347 g/mol. The molecule has 0 aliphatic carbocycles. The Balaban J connectivity index is 1.68. The molecule has 2 aromatic carbocycles. The Bertz CT molecular complexity index is 857. The lowest BCUT2D eigenvalue weighted by Crippen LogP contribution is -2.18. The van der Waals surface area contributed by atoms with Gasteiger partial charge in [-0.3, -0.25) is 4.90 Å². The van der Waals surface area contributed by atoms with E-state index in [0.717, 1.165) is 17.9 Å². The summed E-state index contributed by atoms with van der Waals surface area (Å²) < 4.78 is 0. The fourth-order valence-electron chi connectivity index (χ4n) is 2.79. The van der Waals surface area contributed by atoms with Gasteiger partial charge in [-0.05, 0) is 38.6 Å². The normalized spacial score (nSPS) is 10.9. The minimum Gasteiger partial charge on any atom is -0.368 e. The van der Waals surface area contributed by atoms with Crippen molar-refractivity contribution in [3.05, 3.63) is 77.0 Å². The number of anilines is 3. The number of nitrogens with one attached hydrogen (secondary N) is 1. The van der Waals surface area contributed by atoms with Crippen LogP contribution in [0.1, 0.15) is 22.4 Å². The molecule has 1 aromatic heterocycles. The average Bonchev–Trinajstić information content (AvgIpc) is 2.58. The smallest absolute Gasteiger partial charge is 0.222 e. The molecule has 0 unspecified atom stereocenters. The molecule has 0 saturated heterocycles. The Labute approximate surface area is 154 Å². The van der Waals surface area contributed by atoms with Crippen LogP contribution in [-0.4, -0.2) is 21.9 Å². The predicted molar refractivity (Wildman–Crippen MR) is 107 cm³/mol. The SMILES string of the molecule is Cc1ccc(CN(C)Cc2cc(Nc3ccc(C)cc3)nc(N)n2)cc1. The maximum absolute atomic E-state index is 5.90. The van der Waals surface area contributed by atoms with E-state index in [9.17, 15) is 0 Å². The standard InChI is InChI=1S/C21H25N5/c1-15-4-8-17(9-5-15)13-26(3)14-19-12-20(25-21(22)24-19)23-18-10-6-16(2)7-11-18/h4-12H,13-14H2,1-3H3,(H3,22,23,24,25). The molecule has 0 atom stereocenters. The highest BCUT2D eigenvalue weighted by atomic mass is 15.1. The van der Waals surface area contributed by atoms with Gasteiger partial charge in [-0.25, -0.2) is 4.98 Å². The fourth-order valence-corrected chi connectivity index (χ4v) is 2.79. The fraction of sp³-hybridized carbons (Fsp3) is 0.238. The summed E-state index contributed by atoms with van der Waals surface area (Å²) in [4.78, 5) is 10.9. The highest BCUT2D eigenvalue weighted by Crippen LogP contribution is 2.18. The summed E-state index contributed by atoms with van der Waals surface area (Å²) in [5, 5.41) is 3.29. The molecule has 3 aromatic rings. The van der Waals surface area contributed by atoms with Gasteiger partial charge < -0.3 is 11.1 Å². The highest BCUT2D eigenvalue weighted by molar-refractivity contribution is 5.57. The third-order valence-corrected chi connectivity index (χ3v) is 4.13. The Morgan fingerprint density at radius 1 is 0.885 bits per heavy atom. The topological polar surface area (TPSA) is 67.1 Å². The lowest BCUT2D eigenvalue weighted by molar-refractivity contribution is 0.315. The Hall–Kier alpha value is -2.92. The number of nitrogens with two attached hydrogens (primary N) is 1. The van der Waals surface area contributed by atoms with E-state index in [1.54, 1.807) is 0 Å². The lowest BCUT2D eigenvalue weighted by atomic mass is 10.1. The number of rotatable bonds is 6. The second-order valence-electron chi connectivity index (χ2n) is 6.75. The van der Waals surface area contributed by atoms with E-state index in [1.165, 1.54) is 16.7 Å². The molecule has 5 heteroatoms. The quantitative estimate of drug-likeness (QED) is 0.704. The number of nitrogens with zero attached hydrogens (tertiary/aromatic N) is 3. The van der Waals surface area contributed by atoms with E-state index in [-0.39, 0.29) is 5.95 Å². The van der Waals surface area contributed by atoms with Gasteiger partial charge in [0.25, 0.3) is 0 Å². The molecule has 0 fully saturated rings. The highest BCUT2D eigenvalue weighted by Gasteiger charge is 2.07. The van der Waals surface area contributed by atoms with Crippen molar-refractivity contribution in [3.8, 4) is 0 Å². The van der Waals surface area contributed by atoms with Crippen molar-refractivity contribution >= 4 is 17.5 Å². The molecule has 5 nitrogen and oxygen atoms in total. The summed E-state index contributed by atoms with van der Waals surface area (Å²) in [5.41, 5.74) is 11.5. The summed E-state index contributed by atoms with van der Waals surface area (Å²) in [5.74, 6) is 0.987. The molecule has 0 aliphatic heterocycles. The zero-order valence-corrected chi connectivity index (χ0v) is 15.5. The van der Waals surface area contributed by atoms with Crippen LogP contribution in [0, 0.1) is 13.8 Å². The minimum absolute atomic E-state index is 0.279. The predicted octanol–water partition coefficient (Wildman–Crippen LogP) is 4.05. The van der Waals surface area contributed by atoms with Gasteiger partial charge in [-0.2, -0.15) is 4.98 Å². The van der Waals surface area contributed by atoms with Crippen molar-refractivity contribution in [2.75, 3.05) is 18.1 Å². The Morgan fingerprint density at radius 2 is 1.50 bits per heavy atom. The van der Waals surface area contributed by atoms with Crippen molar-refractivity contribution in [3.63, 3.8) is 0 Å². The van der Waals surface area contributed by atoms with E-state index in [1.807, 2.05) is 18.2 Å². The van der Waals surface area contributed by atoms with Gasteiger partial charge in [-0.1, -0.05) is 47.5 Å². The van der Waals surface area contributed by atoms with E-state index < -0.39 is 0 Å². The molecular formula is C21H25N5. The largest absolute Gasteiger partial charge is 0.368 e. The van der Waals surface area contributed by atoms with Crippen LogP contribution in [0.2, 0.25) is 0 Å². The first kappa shape index (κ1) is 17.9. The first-order valence-corrected chi connectivity index (χ1v) is 8.69.